The lowest BCUT2D eigenvalue weighted by Crippen LogP contribution is -2.11. The molecule has 0 radical (unpaired) electrons. The first-order chi connectivity index (χ1) is 34.7. The van der Waals surface area contributed by atoms with Gasteiger partial charge >= 0.3 is 0 Å². The average molecular weight is 894 g/mol. The number of hydrogen-bond donors (Lipinski definition) is 0. The molecule has 0 aliphatic heterocycles. The highest BCUT2D eigenvalue weighted by Gasteiger charge is 2.31. The second kappa shape index (κ2) is 13.3. The molecule has 16 aromatic rings. The maximum absolute atomic E-state index is 12.1. The van der Waals surface area contributed by atoms with Gasteiger partial charge in [0, 0.05) is 48.5 Å². The Morgan fingerprint density at radius 3 is 1.06 bits per heavy atom. The Morgan fingerprint density at radius 1 is 0.300 bits per heavy atom. The minimum absolute atomic E-state index is 0.229. The van der Waals surface area contributed by atoms with Crippen LogP contribution in [-0.2, 0) is 0 Å². The van der Waals surface area contributed by atoms with Gasteiger partial charge in [-0.2, -0.15) is 10.5 Å². The highest BCUT2D eigenvalue weighted by atomic mass is 16.3. The number of fused-ring (bicyclic) bond motifs is 21. The molecule has 0 aliphatic rings. The van der Waals surface area contributed by atoms with Crippen molar-refractivity contribution in [3.63, 3.8) is 0 Å². The molecule has 8 nitrogen and oxygen atoms in total. The van der Waals surface area contributed by atoms with E-state index in [4.69, 9.17) is 13.3 Å². The molecule has 0 aliphatic carbocycles. The molecule has 70 heavy (non-hydrogen) atoms. The van der Waals surface area contributed by atoms with Gasteiger partial charge < -0.3 is 27.0 Å². The number of aromatic nitrogens is 3. The van der Waals surface area contributed by atoms with Gasteiger partial charge in [-0.15, -0.1) is 0 Å². The van der Waals surface area contributed by atoms with Gasteiger partial charge in [-0.05, 0) is 78.9 Å². The van der Waals surface area contributed by atoms with Crippen LogP contribution in [0.25, 0.3) is 148 Å². The van der Waals surface area contributed by atoms with Crippen molar-refractivity contribution in [3.8, 4) is 29.2 Å². The first-order valence-electron chi connectivity index (χ1n) is 23.2. The van der Waals surface area contributed by atoms with Crippen LogP contribution < -0.4 is 0 Å². The number of furan rings is 3. The smallest absolute Gasteiger partial charge is 0.137 e. The summed E-state index contributed by atoms with van der Waals surface area (Å²) in [6.45, 7) is 0. The summed E-state index contributed by atoms with van der Waals surface area (Å²) < 4.78 is 26.5. The Morgan fingerprint density at radius 2 is 0.643 bits per heavy atom. The van der Waals surface area contributed by atoms with Crippen LogP contribution in [0.3, 0.4) is 0 Å². The Hall–Kier alpha value is -10.0. The quantitative estimate of drug-likeness (QED) is 0.176. The van der Waals surface area contributed by atoms with Gasteiger partial charge in [-0.25, -0.2) is 0 Å². The van der Waals surface area contributed by atoms with E-state index in [2.05, 4.69) is 129 Å². The second-order valence-electron chi connectivity index (χ2n) is 18.1. The summed E-state index contributed by atoms with van der Waals surface area (Å²) in [6.07, 6.45) is 0. The van der Waals surface area contributed by atoms with Crippen LogP contribution in [0.1, 0.15) is 11.1 Å². The van der Waals surface area contributed by atoms with Crippen LogP contribution >= 0.6 is 0 Å². The zero-order valence-electron chi connectivity index (χ0n) is 36.9. The van der Waals surface area contributed by atoms with Gasteiger partial charge in [0.2, 0.25) is 0 Å². The molecule has 0 saturated carbocycles. The topological polar surface area (TPSA) is 102 Å². The van der Waals surface area contributed by atoms with E-state index in [-0.39, 0.29) is 11.1 Å². The van der Waals surface area contributed by atoms with Crippen LogP contribution in [0, 0.1) is 22.7 Å². The maximum Gasteiger partial charge on any atom is 0.137 e. The third-order valence-electron chi connectivity index (χ3n) is 14.7. The lowest BCUT2D eigenvalue weighted by atomic mass is 10.0. The Balaban J connectivity index is 1.19. The molecule has 6 aromatic heterocycles. The van der Waals surface area contributed by atoms with Gasteiger partial charge in [0.1, 0.15) is 45.6 Å². The van der Waals surface area contributed by atoms with Gasteiger partial charge in [0.05, 0.1) is 77.4 Å². The molecule has 0 amide bonds. The largest absolute Gasteiger partial charge is 0.456 e. The van der Waals surface area contributed by atoms with Crippen molar-refractivity contribution < 1.29 is 13.3 Å². The van der Waals surface area contributed by atoms with Crippen molar-refractivity contribution in [3.05, 3.63) is 199 Å². The number of nitriles is 2. The van der Waals surface area contributed by atoms with Gasteiger partial charge in [0.25, 0.3) is 0 Å². The van der Waals surface area contributed by atoms with E-state index < -0.39 is 0 Å². The molecule has 10 aromatic carbocycles. The van der Waals surface area contributed by atoms with Crippen LogP contribution in [0.15, 0.2) is 201 Å². The molecule has 0 unspecified atom stereocenters. The van der Waals surface area contributed by atoms with E-state index in [1.54, 1.807) is 0 Å². The highest BCUT2D eigenvalue weighted by Crippen LogP contribution is 2.49. The SMILES string of the molecule is N#Cc1c(-n2c3ccccc3c3ccc4oc5ccccc5c4c32)cc(-n2c3ccccc3c3ccc4oc5ccccc5c4c32)c(-n2c3ccccc3c3ccc4oc5ccccc5c4c32)c1C#N. The summed E-state index contributed by atoms with van der Waals surface area (Å²) in [5, 5.41) is 35.7. The normalized spacial score (nSPS) is 12.3. The molecule has 6 heterocycles. The first-order valence-corrected chi connectivity index (χ1v) is 23.2. The van der Waals surface area contributed by atoms with Gasteiger partial charge in [-0.3, -0.25) is 0 Å². The fourth-order valence-electron chi connectivity index (χ4n) is 12.0. The third kappa shape index (κ3) is 4.57. The van der Waals surface area contributed by atoms with Crippen molar-refractivity contribution >= 4 is 131 Å². The maximum atomic E-state index is 12.1. The molecule has 322 valence electrons. The lowest BCUT2D eigenvalue weighted by Gasteiger charge is -2.22. The number of nitrogens with zero attached hydrogens (tertiary/aromatic N) is 5. The van der Waals surface area contributed by atoms with Gasteiger partial charge in [-0.1, -0.05) is 109 Å². The predicted molar refractivity (Wildman–Crippen MR) is 281 cm³/mol. The van der Waals surface area contributed by atoms with Crippen molar-refractivity contribution in [2.24, 2.45) is 0 Å². The Bertz CT molecular complexity index is 5110. The van der Waals surface area contributed by atoms with E-state index in [9.17, 15) is 10.5 Å². The number of benzene rings is 10. The molecule has 0 saturated heterocycles. The van der Waals surface area contributed by atoms with Crippen molar-refractivity contribution in [2.75, 3.05) is 0 Å². The summed E-state index contributed by atoms with van der Waals surface area (Å²) in [6, 6.07) is 69.4. The summed E-state index contributed by atoms with van der Waals surface area (Å²) in [4.78, 5) is 0. The molecule has 0 atom stereocenters. The molecule has 0 bridgehead atoms. The van der Waals surface area contributed by atoms with Crippen LogP contribution in [0.2, 0.25) is 0 Å². The Labute approximate surface area is 395 Å². The molecule has 0 spiro atoms. The second-order valence-corrected chi connectivity index (χ2v) is 18.1. The number of rotatable bonds is 3. The molecule has 8 heteroatoms. The van der Waals surface area contributed by atoms with Crippen molar-refractivity contribution in [1.29, 1.82) is 10.5 Å². The van der Waals surface area contributed by atoms with E-state index >= 15 is 0 Å². The van der Waals surface area contributed by atoms with Gasteiger partial charge in [0.15, 0.2) is 0 Å². The molecule has 0 fully saturated rings. The Kier molecular flexibility index (Phi) is 7.06. The van der Waals surface area contributed by atoms with Crippen molar-refractivity contribution in [1.82, 2.24) is 13.7 Å². The fourth-order valence-corrected chi connectivity index (χ4v) is 12.0. The highest BCUT2D eigenvalue weighted by molar-refractivity contribution is 6.28. The van der Waals surface area contributed by atoms with Crippen molar-refractivity contribution in [2.45, 2.75) is 0 Å². The molecule has 0 N–H and O–H groups in total. The van der Waals surface area contributed by atoms with Crippen LogP contribution in [0.4, 0.5) is 0 Å². The molecular weight excluding hydrogens is 863 g/mol. The molecule has 16 rings (SSSR count). The van der Waals surface area contributed by atoms with E-state index in [1.165, 1.54) is 0 Å². The summed E-state index contributed by atoms with van der Waals surface area (Å²) in [7, 11) is 0. The third-order valence-corrected chi connectivity index (χ3v) is 14.7. The summed E-state index contributed by atoms with van der Waals surface area (Å²) >= 11 is 0. The van der Waals surface area contributed by atoms with Crippen LogP contribution in [0.5, 0.6) is 0 Å². The average Bonchev–Trinajstić information content (AvgIpc) is 4.26. The minimum Gasteiger partial charge on any atom is -0.456 e. The summed E-state index contributed by atoms with van der Waals surface area (Å²) in [5.41, 5.74) is 12.2. The standard InChI is InChI=1S/C62H31N5O3/c63-32-43-44(33-64)59(67-47-21-9-3-15-36(47)39-27-30-55-58(62(39)67)42-18-6-12-24-52(42)70-55)49(66-46-20-8-2-14-35(46)38-26-29-54-57(61(38)66)41-17-5-11-23-51(41)69-54)31-48(43)65-45-19-7-1-13-34(45)37-25-28-53-56(60(37)65)40-16-4-10-22-50(40)68-53/h1-31H. The van der Waals surface area contributed by atoms with E-state index in [0.717, 1.165) is 131 Å². The first kappa shape index (κ1) is 37.1. The zero-order valence-corrected chi connectivity index (χ0v) is 36.9. The monoisotopic (exact) mass is 893 g/mol. The summed E-state index contributed by atoms with van der Waals surface area (Å²) in [5.74, 6) is 0. The fraction of sp³-hybridized carbons (Fsp3) is 0. The molecular formula is C62H31N5O3. The number of hydrogen-bond acceptors (Lipinski definition) is 5. The lowest BCUT2D eigenvalue weighted by molar-refractivity contribution is 0.668. The van der Waals surface area contributed by atoms with E-state index in [0.29, 0.717) is 17.1 Å². The van der Waals surface area contributed by atoms with E-state index in [1.807, 2.05) is 84.9 Å². The van der Waals surface area contributed by atoms with Crippen LogP contribution in [-0.4, -0.2) is 13.7 Å². The minimum atomic E-state index is 0.229. The number of para-hydroxylation sites is 6. The zero-order chi connectivity index (χ0) is 45.9. The predicted octanol–water partition coefficient (Wildman–Crippen LogP) is 16.4.